The molecule has 2 aliphatic carbocycles. The van der Waals surface area contributed by atoms with E-state index in [2.05, 4.69) is 69.1 Å². The van der Waals surface area contributed by atoms with Crippen LogP contribution in [0, 0.1) is 11.8 Å². The average Bonchev–Trinajstić information content (AvgIpc) is 3.84. The zero-order chi connectivity index (χ0) is 44.9. The van der Waals surface area contributed by atoms with E-state index >= 15 is 0 Å². The van der Waals surface area contributed by atoms with Crippen molar-refractivity contribution in [1.29, 1.82) is 0 Å². The van der Waals surface area contributed by atoms with Crippen molar-refractivity contribution in [3.63, 3.8) is 0 Å². The van der Waals surface area contributed by atoms with Gasteiger partial charge in [-0.3, -0.25) is 9.59 Å². The molecule has 4 saturated heterocycles. The van der Waals surface area contributed by atoms with Gasteiger partial charge in [0.15, 0.2) is 0 Å². The van der Waals surface area contributed by atoms with Crippen LogP contribution in [0.15, 0.2) is 60.7 Å². The molecule has 4 unspecified atom stereocenters. The monoisotopic (exact) mass is 894 g/mol. The Bertz CT molecular complexity index is 2760. The number of amides is 4. The normalized spacial score (nSPS) is 25.2. The van der Waals surface area contributed by atoms with Crippen molar-refractivity contribution in [1.82, 2.24) is 40.4 Å². The van der Waals surface area contributed by atoms with E-state index in [1.807, 2.05) is 21.9 Å². The van der Waals surface area contributed by atoms with Gasteiger partial charge in [-0.05, 0) is 135 Å². The van der Waals surface area contributed by atoms with E-state index < -0.39 is 24.3 Å². The summed E-state index contributed by atoms with van der Waals surface area (Å²) in [6.07, 6.45) is 7.21. The Labute approximate surface area is 379 Å². The largest absolute Gasteiger partial charge is 0.465 e. The van der Waals surface area contributed by atoms with E-state index in [0.29, 0.717) is 63.6 Å². The molecule has 16 nitrogen and oxygen atoms in total. The number of benzene rings is 4. The number of hydrogen-bond donors (Lipinski definition) is 6. The summed E-state index contributed by atoms with van der Waals surface area (Å²) in [6, 6.07) is 18.8. The van der Waals surface area contributed by atoms with Crippen molar-refractivity contribution in [2.24, 2.45) is 11.8 Å². The Balaban J connectivity index is 0.788. The van der Waals surface area contributed by atoms with Crippen molar-refractivity contribution >= 4 is 67.6 Å². The van der Waals surface area contributed by atoms with Gasteiger partial charge in [-0.15, -0.1) is 0 Å². The van der Waals surface area contributed by atoms with Gasteiger partial charge >= 0.3 is 12.2 Å². The van der Waals surface area contributed by atoms with Crippen LogP contribution in [0.25, 0.3) is 54.7 Å². The molecule has 6 N–H and O–H groups in total. The second-order valence-corrected chi connectivity index (χ2v) is 19.8. The number of ether oxygens (including phenoxy) is 2. The fourth-order valence-electron chi connectivity index (χ4n) is 12.0. The number of H-pyrrole nitrogens is 2. The molecule has 66 heavy (non-hydrogen) atoms. The number of rotatable bonds is 9. The highest BCUT2D eigenvalue weighted by atomic mass is 16.5. The van der Waals surface area contributed by atoms with Gasteiger partial charge in [0.05, 0.1) is 45.4 Å². The lowest BCUT2D eigenvalue weighted by Gasteiger charge is -2.36. The fourth-order valence-corrected chi connectivity index (χ4v) is 12.0. The molecular weight excluding hydrogens is 841 g/mol. The fraction of sp³-hybridized carbons (Fsp3) is 0.480. The van der Waals surface area contributed by atoms with Crippen LogP contribution >= 0.6 is 0 Å². The Morgan fingerprint density at radius 3 is 1.47 bits per heavy atom. The number of likely N-dealkylation sites (tertiary alicyclic amines) is 2. The minimum Gasteiger partial charge on any atom is -0.465 e. The van der Waals surface area contributed by atoms with Crippen LogP contribution in [-0.4, -0.2) is 114 Å². The first-order chi connectivity index (χ1) is 32.0. The van der Waals surface area contributed by atoms with E-state index in [1.165, 1.54) is 0 Å². The molecule has 4 amide bonds. The first-order valence-corrected chi connectivity index (χ1v) is 23.8. The molecule has 16 heteroatoms. The Morgan fingerprint density at radius 2 is 1.06 bits per heavy atom. The van der Waals surface area contributed by atoms with E-state index in [4.69, 9.17) is 19.4 Å². The molecule has 4 aromatic carbocycles. The zero-order valence-corrected chi connectivity index (χ0v) is 36.7. The molecule has 4 aliphatic heterocycles. The second kappa shape index (κ2) is 15.7. The van der Waals surface area contributed by atoms with Gasteiger partial charge in [-0.25, -0.2) is 19.6 Å². The Hall–Kier alpha value is -6.26. The molecule has 0 bridgehead atoms. The van der Waals surface area contributed by atoms with Crippen LogP contribution in [0.1, 0.15) is 101 Å². The molecule has 342 valence electrons. The van der Waals surface area contributed by atoms with Crippen molar-refractivity contribution in [2.45, 2.75) is 112 Å². The van der Waals surface area contributed by atoms with Crippen LogP contribution in [-0.2, 0) is 19.1 Å². The molecule has 6 heterocycles. The van der Waals surface area contributed by atoms with Crippen LogP contribution in [0.2, 0.25) is 0 Å². The SMILES string of the molecule is O=C(O)NC(C(=O)N1CCC[C@H]1c1nc2ccc3cc(-c4ccc5c(ccc6nc([C@@H]7CCCN7C(=O)C(NC(=O)O)C7CCOC8(CC8)C7)[nH]c65)c4)ccc3c2[nH]1)C1CCOC2(CC2)C1. The Morgan fingerprint density at radius 1 is 0.621 bits per heavy atom. The number of hydrogen-bond acceptors (Lipinski definition) is 8. The maximum absolute atomic E-state index is 14.2. The van der Waals surface area contributed by atoms with Crippen molar-refractivity contribution in [2.75, 3.05) is 26.3 Å². The van der Waals surface area contributed by atoms with Crippen molar-refractivity contribution in [3.8, 4) is 11.1 Å². The third-order valence-electron chi connectivity index (χ3n) is 15.7. The standard InChI is InChI=1S/C50H54N8O8/c59-45(39(55-47(61)62)31-13-21-65-49(25-31)15-16-49)57-19-1-3-37(57)43-51-35-11-7-29-23-27(5-9-33(29)41(35)53-43)28-6-10-34-30(24-28)8-12-36-42(34)54-44(52-36)38-4-2-20-58(38)46(60)40(56-48(63)64)32-14-22-66-50(26-32)17-18-50/h5-12,23-24,31-32,37-40,55-56H,1-4,13-22,25-26H2,(H,51,53)(H,52,54)(H,61,62)(H,63,64)/t31?,32?,37-,38-,39?,40?/m0/s1. The number of carbonyl (C=O) groups excluding carboxylic acids is 2. The van der Waals surface area contributed by atoms with Crippen molar-refractivity contribution in [3.05, 3.63) is 72.3 Å². The van der Waals surface area contributed by atoms with Gasteiger partial charge < -0.3 is 50.1 Å². The Kier molecular flexibility index (Phi) is 9.79. The summed E-state index contributed by atoms with van der Waals surface area (Å²) in [6.45, 7) is 2.16. The number of nitrogens with zero attached hydrogens (tertiary/aromatic N) is 4. The summed E-state index contributed by atoms with van der Waals surface area (Å²) >= 11 is 0. The van der Waals surface area contributed by atoms with Gasteiger partial charge in [-0.1, -0.05) is 36.4 Å². The van der Waals surface area contributed by atoms with Crippen molar-refractivity contribution < 1.29 is 38.9 Å². The van der Waals surface area contributed by atoms with Gasteiger partial charge in [0.25, 0.3) is 0 Å². The molecule has 6 fully saturated rings. The van der Waals surface area contributed by atoms with E-state index in [-0.39, 0.29) is 46.9 Å². The minimum absolute atomic E-state index is 0.115. The lowest BCUT2D eigenvalue weighted by Crippen LogP contribution is -2.53. The third-order valence-corrected chi connectivity index (χ3v) is 15.7. The summed E-state index contributed by atoms with van der Waals surface area (Å²) in [4.78, 5) is 73.2. The van der Waals surface area contributed by atoms with Gasteiger partial charge in [0, 0.05) is 37.1 Å². The molecule has 2 saturated carbocycles. The third kappa shape index (κ3) is 7.28. The number of nitrogens with one attached hydrogen (secondary N) is 4. The number of aromatic nitrogens is 4. The molecule has 12 rings (SSSR count). The number of carbonyl (C=O) groups is 4. The molecule has 2 spiro atoms. The highest BCUT2D eigenvalue weighted by molar-refractivity contribution is 6.07. The lowest BCUT2D eigenvalue weighted by atomic mass is 9.86. The highest BCUT2D eigenvalue weighted by Gasteiger charge is 2.52. The first kappa shape index (κ1) is 41.2. The van der Waals surface area contributed by atoms with E-state index in [0.717, 1.165) is 106 Å². The molecule has 6 atom stereocenters. The first-order valence-electron chi connectivity index (χ1n) is 23.8. The minimum atomic E-state index is -1.19. The molecule has 6 aliphatic rings. The van der Waals surface area contributed by atoms with Gasteiger partial charge in [-0.2, -0.15) is 0 Å². The number of carboxylic acid groups (broad SMARTS) is 2. The van der Waals surface area contributed by atoms with E-state index in [9.17, 15) is 29.4 Å². The summed E-state index contributed by atoms with van der Waals surface area (Å²) in [5.41, 5.74) is 5.15. The number of aromatic amines is 2. The topological polar surface area (TPSA) is 215 Å². The van der Waals surface area contributed by atoms with Crippen LogP contribution in [0.3, 0.4) is 0 Å². The smallest absolute Gasteiger partial charge is 0.405 e. The summed E-state index contributed by atoms with van der Waals surface area (Å²) in [5, 5.41) is 28.9. The summed E-state index contributed by atoms with van der Waals surface area (Å²) < 4.78 is 12.0. The number of fused-ring (bicyclic) bond motifs is 6. The van der Waals surface area contributed by atoms with Crippen LogP contribution in [0.5, 0.6) is 0 Å². The lowest BCUT2D eigenvalue weighted by molar-refractivity contribution is -0.138. The molecule has 0 radical (unpaired) electrons. The van der Waals surface area contributed by atoms with Gasteiger partial charge in [0.1, 0.15) is 23.7 Å². The molecular formula is C50H54N8O8. The van der Waals surface area contributed by atoms with Crippen LogP contribution in [0.4, 0.5) is 9.59 Å². The molecule has 2 aromatic heterocycles. The quantitative estimate of drug-likeness (QED) is 0.0824. The van der Waals surface area contributed by atoms with Gasteiger partial charge in [0.2, 0.25) is 11.8 Å². The maximum atomic E-state index is 14.2. The van der Waals surface area contributed by atoms with E-state index in [1.54, 1.807) is 0 Å². The van der Waals surface area contributed by atoms with Crippen LogP contribution < -0.4 is 10.6 Å². The molecule has 6 aromatic rings. The second-order valence-electron chi connectivity index (χ2n) is 19.8. The maximum Gasteiger partial charge on any atom is 0.405 e. The summed E-state index contributed by atoms with van der Waals surface area (Å²) in [5.74, 6) is 0.816. The highest BCUT2D eigenvalue weighted by Crippen LogP contribution is 2.50. The number of imidazole rings is 2. The predicted octanol–water partition coefficient (Wildman–Crippen LogP) is 7.93. The summed E-state index contributed by atoms with van der Waals surface area (Å²) in [7, 11) is 0. The average molecular weight is 895 g/mol. The zero-order valence-electron chi connectivity index (χ0n) is 36.7. The predicted molar refractivity (Wildman–Crippen MR) is 245 cm³/mol.